The number of amides is 1. The molecule has 1 amide bonds. The van der Waals surface area contributed by atoms with Crippen LogP contribution < -0.4 is 5.73 Å². The Hall–Kier alpha value is -3.54. The number of rotatable bonds is 3. The zero-order valence-corrected chi connectivity index (χ0v) is 14.6. The zero-order chi connectivity index (χ0) is 19.0. The van der Waals surface area contributed by atoms with Crippen LogP contribution in [0.3, 0.4) is 0 Å². The van der Waals surface area contributed by atoms with Crippen LogP contribution in [0.2, 0.25) is 0 Å². The normalized spacial score (nSPS) is 19.3. The number of hydrogen-bond acceptors (Lipinski definition) is 4. The van der Waals surface area contributed by atoms with Crippen LogP contribution >= 0.6 is 0 Å². The summed E-state index contributed by atoms with van der Waals surface area (Å²) in [5, 5.41) is 0. The van der Waals surface area contributed by atoms with Crippen molar-refractivity contribution in [1.82, 2.24) is 9.88 Å². The fourth-order valence-corrected chi connectivity index (χ4v) is 3.38. The summed E-state index contributed by atoms with van der Waals surface area (Å²) < 4.78 is 14.2. The maximum Gasteiger partial charge on any atom is 0.266 e. The summed E-state index contributed by atoms with van der Waals surface area (Å²) in [5.41, 5.74) is 6.97. The summed E-state index contributed by atoms with van der Waals surface area (Å²) in [6, 6.07) is 19.7. The fourth-order valence-electron chi connectivity index (χ4n) is 3.38. The highest BCUT2D eigenvalue weighted by Crippen LogP contribution is 2.40. The van der Waals surface area contributed by atoms with Crippen molar-refractivity contribution in [3.63, 3.8) is 0 Å². The first-order valence-corrected chi connectivity index (χ1v) is 8.44. The quantitative estimate of drug-likeness (QED) is 0.730. The molecule has 0 saturated heterocycles. The van der Waals surface area contributed by atoms with Gasteiger partial charge in [-0.25, -0.2) is 9.98 Å². The van der Waals surface area contributed by atoms with Crippen LogP contribution in [-0.4, -0.2) is 28.8 Å². The van der Waals surface area contributed by atoms with Gasteiger partial charge in [-0.2, -0.15) is 4.39 Å². The number of likely N-dealkylation sites (N-methyl/N-ethyl adjacent to an activating group) is 1. The maximum atomic E-state index is 14.2. The van der Waals surface area contributed by atoms with Crippen LogP contribution in [0.25, 0.3) is 11.1 Å². The minimum atomic E-state index is -1.30. The molecule has 27 heavy (non-hydrogen) atoms. The molecule has 5 nitrogen and oxygen atoms in total. The number of nitrogens with two attached hydrogens (primary N) is 1. The third kappa shape index (κ3) is 2.57. The van der Waals surface area contributed by atoms with Crippen molar-refractivity contribution in [2.45, 2.75) is 5.54 Å². The number of nitrogens with zero attached hydrogens (tertiary/aromatic N) is 3. The molecule has 0 radical (unpaired) electrons. The van der Waals surface area contributed by atoms with Gasteiger partial charge in [0.2, 0.25) is 5.95 Å². The van der Waals surface area contributed by atoms with E-state index in [9.17, 15) is 9.18 Å². The average Bonchev–Trinajstić information content (AvgIpc) is 2.94. The lowest BCUT2D eigenvalue weighted by Crippen LogP contribution is -2.41. The molecular formula is C21H17FN4O. The van der Waals surface area contributed by atoms with Gasteiger partial charge in [-0.1, -0.05) is 48.5 Å². The van der Waals surface area contributed by atoms with E-state index in [1.165, 1.54) is 11.1 Å². The van der Waals surface area contributed by atoms with Gasteiger partial charge in [0, 0.05) is 18.8 Å². The van der Waals surface area contributed by atoms with Crippen molar-refractivity contribution < 1.29 is 9.18 Å². The van der Waals surface area contributed by atoms with E-state index in [2.05, 4.69) is 9.98 Å². The summed E-state index contributed by atoms with van der Waals surface area (Å²) in [4.78, 5) is 22.8. The van der Waals surface area contributed by atoms with Crippen LogP contribution in [0.1, 0.15) is 11.1 Å². The Bertz CT molecular complexity index is 1050. The van der Waals surface area contributed by atoms with Gasteiger partial charge >= 0.3 is 0 Å². The molecule has 0 fully saturated rings. The molecule has 0 saturated carbocycles. The highest BCUT2D eigenvalue weighted by atomic mass is 19.1. The van der Waals surface area contributed by atoms with Gasteiger partial charge in [-0.05, 0) is 34.9 Å². The number of aromatic nitrogens is 1. The lowest BCUT2D eigenvalue weighted by atomic mass is 9.82. The molecule has 1 aliphatic heterocycles. The third-order valence-electron chi connectivity index (χ3n) is 4.78. The molecule has 0 aliphatic carbocycles. The number of halogens is 1. The number of carbonyl (C=O) groups excluding carboxylic acids is 1. The van der Waals surface area contributed by atoms with Crippen LogP contribution in [0.5, 0.6) is 0 Å². The van der Waals surface area contributed by atoms with Crippen LogP contribution in [0.15, 0.2) is 77.9 Å². The Kier molecular flexibility index (Phi) is 3.96. The van der Waals surface area contributed by atoms with E-state index in [4.69, 9.17) is 5.73 Å². The predicted octanol–water partition coefficient (Wildman–Crippen LogP) is 2.92. The second-order valence-electron chi connectivity index (χ2n) is 6.33. The van der Waals surface area contributed by atoms with Gasteiger partial charge in [0.05, 0.1) is 0 Å². The van der Waals surface area contributed by atoms with Gasteiger partial charge in [-0.15, -0.1) is 0 Å². The van der Waals surface area contributed by atoms with Crippen LogP contribution in [0.4, 0.5) is 4.39 Å². The summed E-state index contributed by atoms with van der Waals surface area (Å²) >= 11 is 0. The average molecular weight is 360 g/mol. The molecule has 134 valence electrons. The van der Waals surface area contributed by atoms with Gasteiger partial charge < -0.3 is 5.73 Å². The highest BCUT2D eigenvalue weighted by Gasteiger charge is 2.49. The first kappa shape index (κ1) is 16.9. The van der Waals surface area contributed by atoms with Crippen molar-refractivity contribution in [1.29, 1.82) is 0 Å². The lowest BCUT2D eigenvalue weighted by molar-refractivity contribution is -0.129. The Morgan fingerprint density at radius 3 is 2.41 bits per heavy atom. The van der Waals surface area contributed by atoms with Gasteiger partial charge in [0.25, 0.3) is 5.91 Å². The molecule has 2 aromatic carbocycles. The molecule has 6 heteroatoms. The smallest absolute Gasteiger partial charge is 0.266 e. The molecule has 2 N–H and O–H groups in total. The predicted molar refractivity (Wildman–Crippen MR) is 101 cm³/mol. The Labute approximate surface area is 156 Å². The molecule has 4 rings (SSSR count). The molecule has 1 aliphatic rings. The van der Waals surface area contributed by atoms with Crippen molar-refractivity contribution in [2.75, 3.05) is 7.05 Å². The van der Waals surface area contributed by atoms with Crippen molar-refractivity contribution in [2.24, 2.45) is 10.7 Å². The van der Waals surface area contributed by atoms with Crippen LogP contribution in [0, 0.1) is 5.95 Å². The summed E-state index contributed by atoms with van der Waals surface area (Å²) in [6.45, 7) is 0. The van der Waals surface area contributed by atoms with E-state index < -0.39 is 11.5 Å². The molecule has 1 atom stereocenters. The van der Waals surface area contributed by atoms with E-state index in [-0.39, 0.29) is 11.9 Å². The van der Waals surface area contributed by atoms with Crippen LogP contribution in [-0.2, 0) is 10.3 Å². The lowest BCUT2D eigenvalue weighted by Gasteiger charge is -2.26. The fraction of sp³-hybridized carbons (Fsp3) is 0.0952. The third-order valence-corrected chi connectivity index (χ3v) is 4.78. The zero-order valence-electron chi connectivity index (χ0n) is 14.6. The van der Waals surface area contributed by atoms with Crippen molar-refractivity contribution in [3.8, 4) is 11.1 Å². The Morgan fingerprint density at radius 1 is 1.00 bits per heavy atom. The number of guanidine groups is 1. The minimum absolute atomic E-state index is 0.141. The Balaban J connectivity index is 1.95. The van der Waals surface area contributed by atoms with E-state index in [1.807, 2.05) is 30.3 Å². The monoisotopic (exact) mass is 360 g/mol. The first-order valence-electron chi connectivity index (χ1n) is 8.44. The van der Waals surface area contributed by atoms with Crippen molar-refractivity contribution >= 4 is 11.9 Å². The highest BCUT2D eigenvalue weighted by molar-refractivity contribution is 6.09. The summed E-state index contributed by atoms with van der Waals surface area (Å²) in [6.07, 6.45) is 1.40. The molecular weight excluding hydrogens is 343 g/mol. The SMILES string of the molecule is CN1C(=O)[C@@](c2ccccc2)(c2cccc(-c3cccnc3F)c2)N=C1N. The largest absolute Gasteiger partial charge is 0.369 e. The number of pyridine rings is 1. The number of hydrogen-bond donors (Lipinski definition) is 1. The molecule has 0 bridgehead atoms. The van der Waals surface area contributed by atoms with E-state index in [1.54, 1.807) is 43.4 Å². The topological polar surface area (TPSA) is 71.6 Å². The number of aliphatic imine (C=N–C) groups is 1. The maximum absolute atomic E-state index is 14.2. The van der Waals surface area contributed by atoms with E-state index >= 15 is 0 Å². The molecule has 2 heterocycles. The first-order chi connectivity index (χ1) is 13.0. The summed E-state index contributed by atoms with van der Waals surface area (Å²) in [5.74, 6) is -0.682. The van der Waals surface area contributed by atoms with Gasteiger partial charge in [-0.3, -0.25) is 9.69 Å². The molecule has 3 aromatic rings. The van der Waals surface area contributed by atoms with E-state index in [0.29, 0.717) is 22.3 Å². The summed E-state index contributed by atoms with van der Waals surface area (Å²) in [7, 11) is 1.59. The molecule has 1 aromatic heterocycles. The number of benzene rings is 2. The van der Waals surface area contributed by atoms with Crippen molar-refractivity contribution in [3.05, 3.63) is 90.0 Å². The second kappa shape index (κ2) is 6.32. The second-order valence-corrected chi connectivity index (χ2v) is 6.33. The molecule has 0 spiro atoms. The Morgan fingerprint density at radius 2 is 1.74 bits per heavy atom. The number of carbonyl (C=O) groups is 1. The van der Waals surface area contributed by atoms with Gasteiger partial charge in [0.1, 0.15) is 0 Å². The minimum Gasteiger partial charge on any atom is -0.369 e. The standard InChI is InChI=1S/C21H17FN4O/c1-26-19(27)21(25-20(26)23,15-8-3-2-4-9-15)16-10-5-7-14(13-16)17-11-6-12-24-18(17)22/h2-13H,1H3,(H2,23,25)/t21-/m1/s1. The van der Waals surface area contributed by atoms with E-state index in [0.717, 1.165) is 0 Å². The van der Waals surface area contributed by atoms with Gasteiger partial charge in [0.15, 0.2) is 11.5 Å². The molecule has 0 unspecified atom stereocenters.